The topological polar surface area (TPSA) is 77.8 Å². The maximum atomic E-state index is 11.2. The van der Waals surface area contributed by atoms with Crippen molar-refractivity contribution in [2.75, 3.05) is 13.1 Å². The van der Waals surface area contributed by atoms with Gasteiger partial charge in [0.25, 0.3) is 0 Å². The summed E-state index contributed by atoms with van der Waals surface area (Å²) >= 11 is 0. The van der Waals surface area contributed by atoms with E-state index in [0.717, 1.165) is 6.42 Å². The van der Waals surface area contributed by atoms with Crippen molar-refractivity contribution in [1.29, 1.82) is 0 Å². The number of hydrogen-bond acceptors (Lipinski definition) is 3. The molecule has 1 aliphatic carbocycles. The number of hydrogen-bond donors (Lipinski definition) is 2. The maximum absolute atomic E-state index is 11.2. The Kier molecular flexibility index (Phi) is 2.28. The quantitative estimate of drug-likeness (QED) is 0.740. The van der Waals surface area contributed by atoms with Crippen LogP contribution in [0, 0.1) is 11.3 Å². The fourth-order valence-electron chi connectivity index (χ4n) is 2.63. The van der Waals surface area contributed by atoms with Gasteiger partial charge in [0.2, 0.25) is 0 Å². The Bertz CT molecular complexity index is 340. The minimum Gasteiger partial charge on any atom is -0.481 e. The van der Waals surface area contributed by atoms with Crippen molar-refractivity contribution < 1.29 is 19.8 Å². The van der Waals surface area contributed by atoms with E-state index in [2.05, 4.69) is 0 Å². The Labute approximate surface area is 94.0 Å². The van der Waals surface area contributed by atoms with Crippen LogP contribution < -0.4 is 0 Å². The molecular formula is C11H17NO4. The Morgan fingerprint density at radius 1 is 1.38 bits per heavy atom. The second-order valence-corrected chi connectivity index (χ2v) is 5.44. The van der Waals surface area contributed by atoms with E-state index in [1.165, 1.54) is 0 Å². The summed E-state index contributed by atoms with van der Waals surface area (Å²) in [5.74, 6) is -1.42. The summed E-state index contributed by atoms with van der Waals surface area (Å²) in [6.07, 6.45) is 1.50. The van der Waals surface area contributed by atoms with E-state index in [9.17, 15) is 14.7 Å². The normalized spacial score (nSPS) is 34.2. The average Bonchev–Trinajstić information content (AvgIpc) is 2.91. The number of likely N-dealkylation sites (tertiary alicyclic amines) is 1. The molecule has 0 amide bonds. The highest BCUT2D eigenvalue weighted by molar-refractivity contribution is 5.80. The Balaban J connectivity index is 2.15. The number of nitrogens with zero attached hydrogens (tertiary/aromatic N) is 1. The van der Waals surface area contributed by atoms with E-state index in [1.54, 1.807) is 18.7 Å². The number of carbonyl (C=O) groups is 2. The molecule has 5 nitrogen and oxygen atoms in total. The molecule has 16 heavy (non-hydrogen) atoms. The molecule has 0 aromatic carbocycles. The van der Waals surface area contributed by atoms with Crippen LogP contribution in [0.25, 0.3) is 0 Å². The highest BCUT2D eigenvalue weighted by Gasteiger charge is 2.64. The molecule has 1 saturated carbocycles. The summed E-state index contributed by atoms with van der Waals surface area (Å²) < 4.78 is 0. The van der Waals surface area contributed by atoms with Crippen LogP contribution in [0.1, 0.15) is 26.7 Å². The third-order valence-electron chi connectivity index (χ3n) is 4.19. The predicted molar refractivity (Wildman–Crippen MR) is 56.1 cm³/mol. The molecule has 2 rings (SSSR count). The van der Waals surface area contributed by atoms with Gasteiger partial charge in [0, 0.05) is 6.54 Å². The first kappa shape index (κ1) is 11.4. The first-order chi connectivity index (χ1) is 7.30. The molecule has 0 aromatic rings. The lowest BCUT2D eigenvalue weighted by Gasteiger charge is -2.39. The van der Waals surface area contributed by atoms with Crippen LogP contribution in [0.2, 0.25) is 0 Å². The Morgan fingerprint density at radius 2 is 2.00 bits per heavy atom. The number of carboxylic acid groups (broad SMARTS) is 2. The van der Waals surface area contributed by atoms with Crippen molar-refractivity contribution in [2.45, 2.75) is 32.2 Å². The smallest absolute Gasteiger partial charge is 0.323 e. The summed E-state index contributed by atoms with van der Waals surface area (Å²) in [6, 6.07) is 0. The fourth-order valence-corrected chi connectivity index (χ4v) is 2.63. The zero-order chi connectivity index (χ0) is 12.1. The van der Waals surface area contributed by atoms with E-state index < -0.39 is 22.9 Å². The molecule has 2 N–H and O–H groups in total. The molecule has 1 aliphatic heterocycles. The van der Waals surface area contributed by atoms with Gasteiger partial charge >= 0.3 is 11.9 Å². The summed E-state index contributed by atoms with van der Waals surface area (Å²) in [5, 5.41) is 18.3. The molecule has 1 heterocycles. The summed E-state index contributed by atoms with van der Waals surface area (Å²) in [4.78, 5) is 24.1. The van der Waals surface area contributed by atoms with E-state index in [4.69, 9.17) is 5.11 Å². The van der Waals surface area contributed by atoms with Crippen molar-refractivity contribution in [3.8, 4) is 0 Å². The summed E-state index contributed by atoms with van der Waals surface area (Å²) in [7, 11) is 0. The SMILES string of the molecule is CC(C)(C(=O)O)N1CCC2CC2(C(=O)O)C1. The van der Waals surface area contributed by atoms with Crippen molar-refractivity contribution in [1.82, 2.24) is 4.90 Å². The van der Waals surface area contributed by atoms with Crippen LogP contribution in [-0.4, -0.2) is 45.7 Å². The van der Waals surface area contributed by atoms with Crippen molar-refractivity contribution in [3.63, 3.8) is 0 Å². The zero-order valence-corrected chi connectivity index (χ0v) is 9.56. The largest absolute Gasteiger partial charge is 0.481 e. The molecule has 2 unspecified atom stereocenters. The monoisotopic (exact) mass is 227 g/mol. The van der Waals surface area contributed by atoms with Crippen LogP contribution in [0.3, 0.4) is 0 Å². The number of aliphatic carboxylic acids is 2. The summed E-state index contributed by atoms with van der Waals surface area (Å²) in [5.41, 5.74) is -1.64. The van der Waals surface area contributed by atoms with E-state index >= 15 is 0 Å². The molecule has 0 bridgehead atoms. The third kappa shape index (κ3) is 1.42. The lowest BCUT2D eigenvalue weighted by atomic mass is 9.92. The Morgan fingerprint density at radius 3 is 2.50 bits per heavy atom. The van der Waals surface area contributed by atoms with Gasteiger partial charge in [-0.25, -0.2) is 0 Å². The standard InChI is InChI=1S/C11H17NO4/c1-10(2,8(13)14)12-4-3-7-5-11(7,6-12)9(15)16/h7H,3-6H2,1-2H3,(H,13,14)(H,15,16). The summed E-state index contributed by atoms with van der Waals surface area (Å²) in [6.45, 7) is 4.31. The van der Waals surface area contributed by atoms with Gasteiger partial charge in [0.1, 0.15) is 5.54 Å². The second-order valence-electron chi connectivity index (χ2n) is 5.44. The molecular weight excluding hydrogens is 210 g/mol. The van der Waals surface area contributed by atoms with Crippen LogP contribution in [0.5, 0.6) is 0 Å². The van der Waals surface area contributed by atoms with Crippen LogP contribution >= 0.6 is 0 Å². The van der Waals surface area contributed by atoms with E-state index in [0.29, 0.717) is 19.5 Å². The number of fused-ring (bicyclic) bond motifs is 1. The van der Waals surface area contributed by atoms with Crippen LogP contribution in [0.15, 0.2) is 0 Å². The Hall–Kier alpha value is -1.10. The molecule has 2 atom stereocenters. The fraction of sp³-hybridized carbons (Fsp3) is 0.818. The minimum atomic E-state index is -0.976. The van der Waals surface area contributed by atoms with Crippen LogP contribution in [0.4, 0.5) is 0 Å². The molecule has 2 fully saturated rings. The van der Waals surface area contributed by atoms with Crippen LogP contribution in [-0.2, 0) is 9.59 Å². The van der Waals surface area contributed by atoms with Gasteiger partial charge in [-0.15, -0.1) is 0 Å². The third-order valence-corrected chi connectivity index (χ3v) is 4.19. The van der Waals surface area contributed by atoms with Gasteiger partial charge in [0.15, 0.2) is 0 Å². The highest BCUT2D eigenvalue weighted by Crippen LogP contribution is 2.58. The van der Waals surface area contributed by atoms with Gasteiger partial charge in [-0.1, -0.05) is 0 Å². The van der Waals surface area contributed by atoms with Crippen molar-refractivity contribution in [2.24, 2.45) is 11.3 Å². The molecule has 0 aromatic heterocycles. The van der Waals surface area contributed by atoms with Gasteiger partial charge < -0.3 is 10.2 Å². The maximum Gasteiger partial charge on any atom is 0.323 e. The number of rotatable bonds is 3. The van der Waals surface area contributed by atoms with Crippen molar-refractivity contribution >= 4 is 11.9 Å². The van der Waals surface area contributed by atoms with Gasteiger partial charge in [-0.2, -0.15) is 0 Å². The lowest BCUT2D eigenvalue weighted by molar-refractivity contribution is -0.155. The molecule has 2 aliphatic rings. The molecule has 0 radical (unpaired) electrons. The van der Waals surface area contributed by atoms with E-state index in [1.807, 2.05) is 0 Å². The van der Waals surface area contributed by atoms with E-state index in [-0.39, 0.29) is 5.92 Å². The zero-order valence-electron chi connectivity index (χ0n) is 9.56. The highest BCUT2D eigenvalue weighted by atomic mass is 16.4. The first-order valence-electron chi connectivity index (χ1n) is 5.52. The molecule has 0 spiro atoms. The molecule has 5 heteroatoms. The lowest BCUT2D eigenvalue weighted by Crippen LogP contribution is -2.55. The van der Waals surface area contributed by atoms with Gasteiger partial charge in [-0.3, -0.25) is 14.5 Å². The van der Waals surface area contributed by atoms with Crippen molar-refractivity contribution in [3.05, 3.63) is 0 Å². The second kappa shape index (κ2) is 3.20. The number of piperidine rings is 1. The van der Waals surface area contributed by atoms with Gasteiger partial charge in [-0.05, 0) is 39.2 Å². The first-order valence-corrected chi connectivity index (χ1v) is 5.52. The minimum absolute atomic E-state index is 0.255. The number of carboxylic acids is 2. The predicted octanol–water partition coefficient (Wildman–Crippen LogP) is 0.646. The molecule has 90 valence electrons. The average molecular weight is 227 g/mol. The molecule has 1 saturated heterocycles. The van der Waals surface area contributed by atoms with Gasteiger partial charge in [0.05, 0.1) is 5.41 Å².